The first-order valence-electron chi connectivity index (χ1n) is 7.52. The van der Waals surface area contributed by atoms with Gasteiger partial charge in [-0.3, -0.25) is 14.6 Å². The van der Waals surface area contributed by atoms with Crippen molar-refractivity contribution in [1.29, 1.82) is 0 Å². The van der Waals surface area contributed by atoms with Crippen molar-refractivity contribution >= 4 is 6.09 Å². The second-order valence-corrected chi connectivity index (χ2v) is 5.19. The summed E-state index contributed by atoms with van der Waals surface area (Å²) in [5.41, 5.74) is 2.79. The lowest BCUT2D eigenvalue weighted by molar-refractivity contribution is 0.151. The first-order valence-corrected chi connectivity index (χ1v) is 7.52. The van der Waals surface area contributed by atoms with Crippen molar-refractivity contribution in [3.8, 4) is 11.4 Å². The molecule has 0 unspecified atom stereocenters. The van der Waals surface area contributed by atoms with E-state index in [1.807, 2.05) is 4.68 Å². The number of rotatable bonds is 6. The van der Waals surface area contributed by atoms with E-state index in [0.717, 1.165) is 11.4 Å². The largest absolute Gasteiger partial charge is 0.450 e. The highest BCUT2D eigenvalue weighted by Gasteiger charge is 2.28. The average molecular weight is 301 g/mol. The zero-order valence-corrected chi connectivity index (χ0v) is 12.5. The third kappa shape index (κ3) is 3.41. The molecule has 1 amide bonds. The molecule has 1 fully saturated rings. The molecular formula is C15H19N5O2. The van der Waals surface area contributed by atoms with Crippen LogP contribution in [0.15, 0.2) is 24.7 Å². The second kappa shape index (κ2) is 6.55. The van der Waals surface area contributed by atoms with Crippen molar-refractivity contribution in [3.05, 3.63) is 30.4 Å². The van der Waals surface area contributed by atoms with Gasteiger partial charge in [-0.15, -0.1) is 0 Å². The van der Waals surface area contributed by atoms with Gasteiger partial charge in [0.2, 0.25) is 0 Å². The average Bonchev–Trinajstić information content (AvgIpc) is 3.29. The predicted octanol–water partition coefficient (Wildman–Crippen LogP) is 1.96. The highest BCUT2D eigenvalue weighted by Crippen LogP contribution is 2.41. The summed E-state index contributed by atoms with van der Waals surface area (Å²) in [6.45, 7) is 3.26. The molecule has 1 aliphatic rings. The third-order valence-corrected chi connectivity index (χ3v) is 3.50. The van der Waals surface area contributed by atoms with Crippen LogP contribution in [0.2, 0.25) is 0 Å². The van der Waals surface area contributed by atoms with Gasteiger partial charge in [-0.05, 0) is 25.8 Å². The van der Waals surface area contributed by atoms with Crippen molar-refractivity contribution < 1.29 is 9.53 Å². The van der Waals surface area contributed by atoms with Crippen molar-refractivity contribution in [1.82, 2.24) is 25.1 Å². The van der Waals surface area contributed by atoms with Crippen LogP contribution < -0.4 is 5.32 Å². The summed E-state index contributed by atoms with van der Waals surface area (Å²) in [6, 6.07) is 2.08. The van der Waals surface area contributed by atoms with Crippen LogP contribution in [-0.2, 0) is 11.3 Å². The smallest absolute Gasteiger partial charge is 0.407 e. The number of carbonyl (C=O) groups is 1. The number of hydrogen-bond donors (Lipinski definition) is 1. The minimum atomic E-state index is -0.392. The molecule has 2 aromatic heterocycles. The minimum absolute atomic E-state index is 0.373. The van der Waals surface area contributed by atoms with Gasteiger partial charge >= 0.3 is 6.09 Å². The lowest BCUT2D eigenvalue weighted by Crippen LogP contribution is -2.28. The van der Waals surface area contributed by atoms with Crippen molar-refractivity contribution in [2.24, 2.45) is 0 Å². The molecule has 0 atom stereocenters. The minimum Gasteiger partial charge on any atom is -0.450 e. The van der Waals surface area contributed by atoms with E-state index in [1.54, 1.807) is 25.5 Å². The molecule has 0 bridgehead atoms. The quantitative estimate of drug-likeness (QED) is 0.882. The summed E-state index contributed by atoms with van der Waals surface area (Å²) >= 11 is 0. The van der Waals surface area contributed by atoms with Gasteiger partial charge in [0, 0.05) is 30.6 Å². The Bertz CT molecular complexity index is 637. The molecule has 0 aliphatic heterocycles. The fraction of sp³-hybridized carbons (Fsp3) is 0.467. The van der Waals surface area contributed by atoms with Crippen LogP contribution in [0.1, 0.15) is 31.4 Å². The molecule has 7 nitrogen and oxygen atoms in total. The van der Waals surface area contributed by atoms with Gasteiger partial charge in [-0.2, -0.15) is 5.10 Å². The van der Waals surface area contributed by atoms with Crippen LogP contribution in [0.25, 0.3) is 11.4 Å². The molecule has 1 N–H and O–H groups in total. The molecule has 7 heteroatoms. The standard InChI is InChI=1S/C15H19N5O2/c1-2-22-15(21)18-7-8-20-14(11-3-4-11)9-12(19-20)13-10-16-5-6-17-13/h5-6,9-11H,2-4,7-8H2,1H3,(H,18,21). The normalized spacial score (nSPS) is 13.9. The Balaban J connectivity index is 1.70. The van der Waals surface area contributed by atoms with Gasteiger partial charge in [0.25, 0.3) is 0 Å². The maximum atomic E-state index is 11.3. The van der Waals surface area contributed by atoms with E-state index in [2.05, 4.69) is 26.4 Å². The first kappa shape index (κ1) is 14.5. The zero-order valence-electron chi connectivity index (χ0n) is 12.5. The van der Waals surface area contributed by atoms with E-state index < -0.39 is 6.09 Å². The number of carbonyl (C=O) groups excluding carboxylic acids is 1. The Morgan fingerprint density at radius 3 is 2.95 bits per heavy atom. The SMILES string of the molecule is CCOC(=O)NCCn1nc(-c2cnccn2)cc1C1CC1. The van der Waals surface area contributed by atoms with Gasteiger partial charge in [-0.1, -0.05) is 0 Å². The van der Waals surface area contributed by atoms with Crippen molar-refractivity contribution in [3.63, 3.8) is 0 Å². The summed E-state index contributed by atoms with van der Waals surface area (Å²) < 4.78 is 6.80. The van der Waals surface area contributed by atoms with Crippen LogP contribution in [-0.4, -0.2) is 39.0 Å². The first-order chi connectivity index (χ1) is 10.8. The summed E-state index contributed by atoms with van der Waals surface area (Å²) in [4.78, 5) is 19.7. The van der Waals surface area contributed by atoms with Crippen LogP contribution in [0.5, 0.6) is 0 Å². The van der Waals surface area contributed by atoms with E-state index in [0.29, 0.717) is 25.6 Å². The number of nitrogens with one attached hydrogen (secondary N) is 1. The van der Waals surface area contributed by atoms with Gasteiger partial charge < -0.3 is 10.1 Å². The Morgan fingerprint density at radius 2 is 2.27 bits per heavy atom. The monoisotopic (exact) mass is 301 g/mol. The highest BCUT2D eigenvalue weighted by atomic mass is 16.5. The molecule has 3 rings (SSSR count). The summed E-state index contributed by atoms with van der Waals surface area (Å²) in [6.07, 6.45) is 7.00. The van der Waals surface area contributed by atoms with Gasteiger partial charge in [0.15, 0.2) is 0 Å². The van der Waals surface area contributed by atoms with Crippen molar-refractivity contribution in [2.45, 2.75) is 32.2 Å². The molecule has 2 aromatic rings. The van der Waals surface area contributed by atoms with Crippen LogP contribution in [0, 0.1) is 0 Å². The Morgan fingerprint density at radius 1 is 1.41 bits per heavy atom. The third-order valence-electron chi connectivity index (χ3n) is 3.50. The summed E-state index contributed by atoms with van der Waals surface area (Å²) in [5.74, 6) is 0.570. The second-order valence-electron chi connectivity index (χ2n) is 5.19. The molecule has 0 aromatic carbocycles. The topological polar surface area (TPSA) is 81.9 Å². The van der Waals surface area contributed by atoms with Crippen LogP contribution in [0.3, 0.4) is 0 Å². The number of alkyl carbamates (subject to hydrolysis) is 1. The summed E-state index contributed by atoms with van der Waals surface area (Å²) in [7, 11) is 0. The lowest BCUT2D eigenvalue weighted by atomic mass is 10.2. The Labute approximate surface area is 128 Å². The molecule has 2 heterocycles. The van der Waals surface area contributed by atoms with Crippen LogP contribution in [0.4, 0.5) is 4.79 Å². The molecule has 1 aliphatic carbocycles. The summed E-state index contributed by atoms with van der Waals surface area (Å²) in [5, 5.41) is 7.32. The molecule has 1 saturated carbocycles. The maximum absolute atomic E-state index is 11.3. The number of nitrogens with zero attached hydrogens (tertiary/aromatic N) is 4. The van der Waals surface area contributed by atoms with Gasteiger partial charge in [0.1, 0.15) is 11.4 Å². The molecular weight excluding hydrogens is 282 g/mol. The zero-order chi connectivity index (χ0) is 15.4. The molecule has 116 valence electrons. The highest BCUT2D eigenvalue weighted by molar-refractivity contribution is 5.66. The van der Waals surface area contributed by atoms with E-state index in [1.165, 1.54) is 18.5 Å². The predicted molar refractivity (Wildman–Crippen MR) is 80.3 cm³/mol. The molecule has 0 spiro atoms. The molecule has 0 radical (unpaired) electrons. The fourth-order valence-electron chi connectivity index (χ4n) is 2.32. The number of hydrogen-bond acceptors (Lipinski definition) is 5. The lowest BCUT2D eigenvalue weighted by Gasteiger charge is -2.08. The van der Waals surface area contributed by atoms with E-state index in [9.17, 15) is 4.79 Å². The van der Waals surface area contributed by atoms with Gasteiger partial charge in [-0.25, -0.2) is 4.79 Å². The molecule has 22 heavy (non-hydrogen) atoms. The van der Waals surface area contributed by atoms with Gasteiger partial charge in [0.05, 0.1) is 19.3 Å². The maximum Gasteiger partial charge on any atom is 0.407 e. The Hall–Kier alpha value is -2.44. The van der Waals surface area contributed by atoms with E-state index in [-0.39, 0.29) is 0 Å². The fourth-order valence-corrected chi connectivity index (χ4v) is 2.32. The molecule has 0 saturated heterocycles. The van der Waals surface area contributed by atoms with Crippen molar-refractivity contribution in [2.75, 3.05) is 13.2 Å². The Kier molecular flexibility index (Phi) is 4.32. The van der Waals surface area contributed by atoms with Crippen LogP contribution >= 0.6 is 0 Å². The van der Waals surface area contributed by atoms with E-state index in [4.69, 9.17) is 4.74 Å². The van der Waals surface area contributed by atoms with E-state index >= 15 is 0 Å². The number of aromatic nitrogens is 4. The number of amides is 1. The number of ether oxygens (including phenoxy) is 1.